The Morgan fingerprint density at radius 3 is 2.66 bits per heavy atom. The first-order valence-electron chi connectivity index (χ1n) is 10.5. The molecule has 0 aliphatic heterocycles. The van der Waals surface area contributed by atoms with E-state index in [1.807, 2.05) is 31.2 Å². The van der Waals surface area contributed by atoms with E-state index in [0.717, 1.165) is 40.2 Å². The number of nitrogens with zero attached hydrogens (tertiary/aromatic N) is 4. The van der Waals surface area contributed by atoms with E-state index < -0.39 is 0 Å². The molecule has 0 spiro atoms. The van der Waals surface area contributed by atoms with Crippen LogP contribution in [-0.2, 0) is 0 Å². The number of aliphatic imine (C=N–C) groups is 1. The first-order valence-corrected chi connectivity index (χ1v) is 10.5. The quantitative estimate of drug-likeness (QED) is 0.433. The summed E-state index contributed by atoms with van der Waals surface area (Å²) < 4.78 is 5.57. The molecule has 0 saturated heterocycles. The summed E-state index contributed by atoms with van der Waals surface area (Å²) in [5, 5.41) is 15.3. The van der Waals surface area contributed by atoms with Crippen LogP contribution in [0, 0.1) is 17.7 Å². The van der Waals surface area contributed by atoms with E-state index in [9.17, 15) is 0 Å². The van der Waals surface area contributed by atoms with Gasteiger partial charge < -0.3 is 20.8 Å². The SMILES string of the molecule is CN=CC(C=N)c1ccc(Nc2ncc3cc(C)nc(NCC(C)(C)C)c3n2)c(OC)c1. The van der Waals surface area contributed by atoms with Crippen LogP contribution in [0.15, 0.2) is 35.5 Å². The first kappa shape index (κ1) is 23.1. The van der Waals surface area contributed by atoms with Gasteiger partial charge in [0.05, 0.1) is 18.7 Å². The second-order valence-electron chi connectivity index (χ2n) is 8.84. The molecular formula is C24H31N7O. The maximum absolute atomic E-state index is 7.64. The van der Waals surface area contributed by atoms with Crippen molar-refractivity contribution in [3.05, 3.63) is 41.7 Å². The molecular weight excluding hydrogens is 402 g/mol. The van der Waals surface area contributed by atoms with Crippen LogP contribution in [-0.4, -0.2) is 48.1 Å². The number of hydrogen-bond acceptors (Lipinski definition) is 8. The topological polar surface area (TPSA) is 108 Å². The van der Waals surface area contributed by atoms with Crippen LogP contribution >= 0.6 is 0 Å². The van der Waals surface area contributed by atoms with Gasteiger partial charge in [0, 0.05) is 43.3 Å². The Bertz CT molecular complexity index is 1140. The van der Waals surface area contributed by atoms with Crippen LogP contribution in [0.1, 0.15) is 37.9 Å². The van der Waals surface area contributed by atoms with Gasteiger partial charge in [0.25, 0.3) is 0 Å². The number of fused-ring (bicyclic) bond motifs is 1. The smallest absolute Gasteiger partial charge is 0.227 e. The van der Waals surface area contributed by atoms with E-state index in [2.05, 4.69) is 46.4 Å². The van der Waals surface area contributed by atoms with Gasteiger partial charge in [-0.15, -0.1) is 0 Å². The summed E-state index contributed by atoms with van der Waals surface area (Å²) in [5.74, 6) is 1.63. The monoisotopic (exact) mass is 433 g/mol. The van der Waals surface area contributed by atoms with Crippen LogP contribution in [0.5, 0.6) is 5.75 Å². The molecule has 2 aromatic heterocycles. The van der Waals surface area contributed by atoms with Crippen LogP contribution in [0.3, 0.4) is 0 Å². The molecule has 8 heteroatoms. The van der Waals surface area contributed by atoms with E-state index in [0.29, 0.717) is 11.7 Å². The average molecular weight is 434 g/mol. The number of hydrogen-bond donors (Lipinski definition) is 3. The third-order valence-corrected chi connectivity index (χ3v) is 4.83. The third kappa shape index (κ3) is 5.57. The molecule has 32 heavy (non-hydrogen) atoms. The van der Waals surface area contributed by atoms with E-state index in [1.165, 1.54) is 6.21 Å². The van der Waals surface area contributed by atoms with Gasteiger partial charge in [-0.05, 0) is 36.1 Å². The predicted octanol–water partition coefficient (Wildman–Crippen LogP) is 4.98. The Morgan fingerprint density at radius 2 is 2.00 bits per heavy atom. The zero-order chi connectivity index (χ0) is 23.3. The molecule has 0 bridgehead atoms. The van der Waals surface area contributed by atoms with Crippen molar-refractivity contribution in [3.8, 4) is 5.75 Å². The summed E-state index contributed by atoms with van der Waals surface area (Å²) >= 11 is 0. The van der Waals surface area contributed by atoms with Crippen LogP contribution in [0.2, 0.25) is 0 Å². The first-order chi connectivity index (χ1) is 15.2. The zero-order valence-electron chi connectivity index (χ0n) is 19.5. The van der Waals surface area contributed by atoms with E-state index >= 15 is 0 Å². The minimum absolute atomic E-state index is 0.109. The van der Waals surface area contributed by atoms with Crippen molar-refractivity contribution in [2.24, 2.45) is 10.4 Å². The molecule has 0 aliphatic carbocycles. The second-order valence-corrected chi connectivity index (χ2v) is 8.84. The number of aromatic nitrogens is 3. The number of methoxy groups -OCH3 is 1. The van der Waals surface area contributed by atoms with Gasteiger partial charge in [-0.3, -0.25) is 4.99 Å². The number of anilines is 3. The van der Waals surface area contributed by atoms with Crippen molar-refractivity contribution in [1.29, 1.82) is 5.41 Å². The van der Waals surface area contributed by atoms with E-state index in [1.54, 1.807) is 26.6 Å². The van der Waals surface area contributed by atoms with Crippen molar-refractivity contribution in [2.45, 2.75) is 33.6 Å². The highest BCUT2D eigenvalue weighted by Crippen LogP contribution is 2.31. The van der Waals surface area contributed by atoms with Crippen molar-refractivity contribution >= 4 is 40.8 Å². The number of benzene rings is 1. The minimum atomic E-state index is -0.203. The molecule has 0 fully saturated rings. The largest absolute Gasteiger partial charge is 0.495 e. The Balaban J connectivity index is 1.95. The van der Waals surface area contributed by atoms with Crippen LogP contribution in [0.25, 0.3) is 10.9 Å². The highest BCUT2D eigenvalue weighted by Gasteiger charge is 2.15. The summed E-state index contributed by atoms with van der Waals surface area (Å²) in [5.41, 5.74) is 3.43. The number of pyridine rings is 1. The molecule has 3 aromatic rings. The van der Waals surface area contributed by atoms with Gasteiger partial charge in [0.1, 0.15) is 11.3 Å². The highest BCUT2D eigenvalue weighted by atomic mass is 16.5. The lowest BCUT2D eigenvalue weighted by molar-refractivity contribution is 0.416. The van der Waals surface area contributed by atoms with Crippen molar-refractivity contribution in [1.82, 2.24) is 15.0 Å². The number of rotatable bonds is 8. The molecule has 1 aromatic carbocycles. The molecule has 1 unspecified atom stereocenters. The fraction of sp³-hybridized carbons (Fsp3) is 0.375. The van der Waals surface area contributed by atoms with Gasteiger partial charge in [-0.2, -0.15) is 0 Å². The Hall–Kier alpha value is -3.55. The predicted molar refractivity (Wildman–Crippen MR) is 132 cm³/mol. The molecule has 3 rings (SSSR count). The van der Waals surface area contributed by atoms with Crippen LogP contribution in [0.4, 0.5) is 17.5 Å². The van der Waals surface area contributed by atoms with Gasteiger partial charge in [0.15, 0.2) is 5.82 Å². The van der Waals surface area contributed by atoms with Gasteiger partial charge >= 0.3 is 0 Å². The number of nitrogens with one attached hydrogen (secondary N) is 3. The van der Waals surface area contributed by atoms with Gasteiger partial charge in [-0.1, -0.05) is 26.8 Å². The highest BCUT2D eigenvalue weighted by molar-refractivity contribution is 5.90. The lowest BCUT2D eigenvalue weighted by Crippen LogP contribution is -2.20. The summed E-state index contributed by atoms with van der Waals surface area (Å²) in [6.07, 6.45) is 4.87. The Kier molecular flexibility index (Phi) is 7.02. The molecule has 168 valence electrons. The molecule has 0 amide bonds. The second kappa shape index (κ2) is 9.72. The molecule has 2 heterocycles. The van der Waals surface area contributed by atoms with Crippen molar-refractivity contribution in [2.75, 3.05) is 31.3 Å². The van der Waals surface area contributed by atoms with Gasteiger partial charge in [-0.25, -0.2) is 15.0 Å². The van der Waals surface area contributed by atoms with E-state index in [-0.39, 0.29) is 11.3 Å². The lowest BCUT2D eigenvalue weighted by Gasteiger charge is -2.20. The molecule has 0 aliphatic rings. The summed E-state index contributed by atoms with van der Waals surface area (Å²) in [6.45, 7) is 9.25. The standard InChI is InChI=1S/C24H31N7O/c1-15-9-17-13-27-23(31-21(17)22(29-15)28-14-24(2,3)4)30-19-8-7-16(10-20(19)32-6)18(11-25)12-26-5/h7-13,18,25H,14H2,1-6H3,(H,28,29)(H,27,30,31). The minimum Gasteiger partial charge on any atom is -0.495 e. The average Bonchev–Trinajstić information content (AvgIpc) is 2.75. The molecule has 3 N–H and O–H groups in total. The summed E-state index contributed by atoms with van der Waals surface area (Å²) in [7, 11) is 3.31. The number of aryl methyl sites for hydroxylation is 1. The van der Waals surface area contributed by atoms with Crippen LogP contribution < -0.4 is 15.4 Å². The summed E-state index contributed by atoms with van der Waals surface area (Å²) in [4.78, 5) is 17.9. The van der Waals surface area contributed by atoms with Crippen molar-refractivity contribution in [3.63, 3.8) is 0 Å². The zero-order valence-corrected chi connectivity index (χ0v) is 19.5. The number of ether oxygens (including phenoxy) is 1. The van der Waals surface area contributed by atoms with Crippen molar-refractivity contribution < 1.29 is 4.74 Å². The lowest BCUT2D eigenvalue weighted by atomic mass is 9.97. The Morgan fingerprint density at radius 1 is 1.22 bits per heavy atom. The van der Waals surface area contributed by atoms with E-state index in [4.69, 9.17) is 15.1 Å². The maximum atomic E-state index is 7.64. The Labute approximate surface area is 189 Å². The molecule has 0 saturated carbocycles. The summed E-state index contributed by atoms with van der Waals surface area (Å²) in [6, 6.07) is 7.70. The van der Waals surface area contributed by atoms with Gasteiger partial charge in [0.2, 0.25) is 5.95 Å². The molecule has 1 atom stereocenters. The fourth-order valence-electron chi connectivity index (χ4n) is 3.23. The third-order valence-electron chi connectivity index (χ3n) is 4.83. The molecule has 0 radical (unpaired) electrons. The fourth-order valence-corrected chi connectivity index (χ4v) is 3.23. The normalized spacial score (nSPS) is 12.7. The molecule has 8 nitrogen and oxygen atoms in total. The maximum Gasteiger partial charge on any atom is 0.227 e.